The van der Waals surface area contributed by atoms with Crippen LogP contribution in [0.4, 0.5) is 15.8 Å². The van der Waals surface area contributed by atoms with Crippen molar-refractivity contribution in [3.05, 3.63) is 68.9 Å². The first-order valence-electron chi connectivity index (χ1n) is 10.6. The number of amides is 1. The molecule has 2 heterocycles. The molecule has 31 heavy (non-hydrogen) atoms. The zero-order valence-corrected chi connectivity index (χ0v) is 18.4. The number of hydrogen-bond donors (Lipinski definition) is 1. The van der Waals surface area contributed by atoms with Gasteiger partial charge in [0.2, 0.25) is 5.91 Å². The molecule has 3 aromatic rings. The fraction of sp³-hybridized carbons (Fsp3) is 0.333. The minimum atomic E-state index is -0.341. The molecule has 1 aliphatic rings. The second-order valence-electron chi connectivity index (χ2n) is 7.86. The van der Waals surface area contributed by atoms with E-state index in [0.717, 1.165) is 29.3 Å². The number of rotatable bonds is 5. The Hall–Kier alpha value is -2.93. The van der Waals surface area contributed by atoms with Crippen LogP contribution in [0.25, 0.3) is 11.3 Å². The van der Waals surface area contributed by atoms with Gasteiger partial charge in [0.1, 0.15) is 12.4 Å². The number of nitrogens with one attached hydrogen (secondary N) is 1. The number of aryl methyl sites for hydroxylation is 1. The summed E-state index contributed by atoms with van der Waals surface area (Å²) in [5.74, 6) is -0.613. The van der Waals surface area contributed by atoms with E-state index in [9.17, 15) is 14.0 Å². The summed E-state index contributed by atoms with van der Waals surface area (Å²) in [4.78, 5) is 28.1. The zero-order chi connectivity index (χ0) is 21.8. The molecule has 1 aromatic heterocycles. The lowest BCUT2D eigenvalue weighted by atomic mass is 10.1. The Morgan fingerprint density at radius 2 is 1.65 bits per heavy atom. The van der Waals surface area contributed by atoms with Gasteiger partial charge in [-0.05, 0) is 73.9 Å². The van der Waals surface area contributed by atoms with Crippen molar-refractivity contribution in [3.8, 4) is 11.3 Å². The largest absolute Gasteiger partial charge is 0.372 e. The van der Waals surface area contributed by atoms with Crippen LogP contribution in [0.1, 0.15) is 30.6 Å². The zero-order valence-electron chi connectivity index (χ0n) is 17.6. The highest BCUT2D eigenvalue weighted by atomic mass is 32.1. The van der Waals surface area contributed by atoms with Crippen molar-refractivity contribution >= 4 is 28.6 Å². The van der Waals surface area contributed by atoms with Gasteiger partial charge in [-0.2, -0.15) is 0 Å². The summed E-state index contributed by atoms with van der Waals surface area (Å²) in [5.41, 5.74) is 3.24. The van der Waals surface area contributed by atoms with Gasteiger partial charge in [0.25, 0.3) is 0 Å². The van der Waals surface area contributed by atoms with Gasteiger partial charge in [-0.1, -0.05) is 24.2 Å². The third kappa shape index (κ3) is 5.05. The van der Waals surface area contributed by atoms with Crippen LogP contribution < -0.4 is 15.1 Å². The molecule has 7 heteroatoms. The summed E-state index contributed by atoms with van der Waals surface area (Å²) in [6.45, 7) is 3.88. The van der Waals surface area contributed by atoms with Crippen LogP contribution in [0.3, 0.4) is 0 Å². The smallest absolute Gasteiger partial charge is 0.308 e. The molecule has 1 fully saturated rings. The van der Waals surface area contributed by atoms with E-state index in [1.165, 1.54) is 48.1 Å². The number of benzene rings is 2. The molecular formula is C24H26FN3O2S. The van der Waals surface area contributed by atoms with Crippen LogP contribution in [0.2, 0.25) is 0 Å². The van der Waals surface area contributed by atoms with Gasteiger partial charge in [0.05, 0.1) is 5.69 Å². The minimum absolute atomic E-state index is 0.0935. The number of anilines is 2. The number of halogens is 1. The molecule has 0 spiro atoms. The van der Waals surface area contributed by atoms with Crippen molar-refractivity contribution < 1.29 is 9.18 Å². The fourth-order valence-electron chi connectivity index (χ4n) is 4.05. The van der Waals surface area contributed by atoms with Gasteiger partial charge >= 0.3 is 4.87 Å². The van der Waals surface area contributed by atoms with Gasteiger partial charge < -0.3 is 10.2 Å². The van der Waals surface area contributed by atoms with Crippen LogP contribution in [0.5, 0.6) is 0 Å². The van der Waals surface area contributed by atoms with Crippen LogP contribution in [-0.4, -0.2) is 23.6 Å². The summed E-state index contributed by atoms with van der Waals surface area (Å²) >= 11 is 1.09. The van der Waals surface area contributed by atoms with Crippen LogP contribution in [-0.2, 0) is 11.3 Å². The summed E-state index contributed by atoms with van der Waals surface area (Å²) in [5, 5.41) is 2.88. The summed E-state index contributed by atoms with van der Waals surface area (Å²) in [7, 11) is 0. The van der Waals surface area contributed by atoms with E-state index in [4.69, 9.17) is 0 Å². The lowest BCUT2D eigenvalue weighted by molar-refractivity contribution is -0.116. The van der Waals surface area contributed by atoms with E-state index < -0.39 is 0 Å². The molecule has 2 aromatic carbocycles. The summed E-state index contributed by atoms with van der Waals surface area (Å²) in [6.07, 6.45) is 4.99. The maximum absolute atomic E-state index is 13.3. The second-order valence-corrected chi connectivity index (χ2v) is 9.03. The molecule has 162 valence electrons. The average Bonchev–Trinajstić information content (AvgIpc) is 2.93. The first kappa shape index (κ1) is 21.3. The monoisotopic (exact) mass is 439 g/mol. The minimum Gasteiger partial charge on any atom is -0.372 e. The van der Waals surface area contributed by atoms with Crippen molar-refractivity contribution in [1.29, 1.82) is 0 Å². The first-order chi connectivity index (χ1) is 15.0. The Morgan fingerprint density at radius 3 is 2.29 bits per heavy atom. The third-order valence-electron chi connectivity index (χ3n) is 5.61. The standard InChI is InChI=1S/C24H26FN3O2S/c1-17-23(18-6-8-19(25)9-7-18)28(24(30)31-17)16-22(29)26-20-10-12-21(13-11-20)27-14-4-2-3-5-15-27/h6-13H,2-5,14-16H2,1H3,(H,26,29). The SMILES string of the molecule is Cc1sc(=O)n(CC(=O)Nc2ccc(N3CCCCCC3)cc2)c1-c1ccc(F)cc1. The van der Waals surface area contributed by atoms with Gasteiger partial charge in [-0.15, -0.1) is 0 Å². The molecule has 0 aliphatic carbocycles. The molecule has 0 unspecified atom stereocenters. The first-order valence-corrected chi connectivity index (χ1v) is 11.4. The highest BCUT2D eigenvalue weighted by Crippen LogP contribution is 2.26. The Morgan fingerprint density at radius 1 is 1.00 bits per heavy atom. The molecule has 0 saturated carbocycles. The van der Waals surface area contributed by atoms with Crippen molar-refractivity contribution in [2.75, 3.05) is 23.3 Å². The topological polar surface area (TPSA) is 54.3 Å². The van der Waals surface area contributed by atoms with Crippen LogP contribution in [0, 0.1) is 12.7 Å². The average molecular weight is 440 g/mol. The molecule has 4 rings (SSSR count). The lowest BCUT2D eigenvalue weighted by Gasteiger charge is -2.22. The molecule has 1 saturated heterocycles. The quantitative estimate of drug-likeness (QED) is 0.606. The number of hydrogen-bond acceptors (Lipinski definition) is 4. The Labute approximate surface area is 185 Å². The molecule has 1 aliphatic heterocycles. The maximum Gasteiger partial charge on any atom is 0.308 e. The van der Waals surface area contributed by atoms with Crippen molar-refractivity contribution in [2.24, 2.45) is 0 Å². The van der Waals surface area contributed by atoms with E-state index in [1.807, 2.05) is 31.2 Å². The van der Waals surface area contributed by atoms with Crippen LogP contribution in [0.15, 0.2) is 53.3 Å². The van der Waals surface area contributed by atoms with Crippen LogP contribution >= 0.6 is 11.3 Å². The van der Waals surface area contributed by atoms with E-state index in [-0.39, 0.29) is 23.1 Å². The molecule has 0 atom stereocenters. The number of aromatic nitrogens is 1. The predicted octanol–water partition coefficient (Wildman–Crippen LogP) is 5.04. The van der Waals surface area contributed by atoms with Gasteiger partial charge in [0.15, 0.2) is 0 Å². The van der Waals surface area contributed by atoms with Gasteiger partial charge in [-0.25, -0.2) is 4.39 Å². The fourth-order valence-corrected chi connectivity index (χ4v) is 4.91. The number of carbonyl (C=O) groups excluding carboxylic acids is 1. The van der Waals surface area contributed by atoms with Crippen molar-refractivity contribution in [3.63, 3.8) is 0 Å². The molecular weight excluding hydrogens is 413 g/mol. The molecule has 1 N–H and O–H groups in total. The van der Waals surface area contributed by atoms with Crippen molar-refractivity contribution in [1.82, 2.24) is 4.57 Å². The van der Waals surface area contributed by atoms with Gasteiger partial charge in [0, 0.05) is 29.3 Å². The summed E-state index contributed by atoms with van der Waals surface area (Å²) < 4.78 is 14.7. The summed E-state index contributed by atoms with van der Waals surface area (Å²) in [6, 6.07) is 13.8. The Kier molecular flexibility index (Phi) is 6.51. The van der Waals surface area contributed by atoms with E-state index in [1.54, 1.807) is 12.1 Å². The number of thiazole rings is 1. The Balaban J connectivity index is 1.47. The number of carbonyl (C=O) groups is 1. The molecule has 5 nitrogen and oxygen atoms in total. The highest BCUT2D eigenvalue weighted by Gasteiger charge is 2.17. The number of nitrogens with zero attached hydrogens (tertiary/aromatic N) is 2. The second kappa shape index (κ2) is 9.47. The normalized spacial score (nSPS) is 14.3. The van der Waals surface area contributed by atoms with E-state index >= 15 is 0 Å². The third-order valence-corrected chi connectivity index (χ3v) is 6.50. The maximum atomic E-state index is 13.3. The molecule has 0 bridgehead atoms. The highest BCUT2D eigenvalue weighted by molar-refractivity contribution is 7.09. The van der Waals surface area contributed by atoms with E-state index in [0.29, 0.717) is 16.9 Å². The molecule has 1 amide bonds. The molecule has 0 radical (unpaired) electrons. The van der Waals surface area contributed by atoms with Gasteiger partial charge in [-0.3, -0.25) is 14.2 Å². The Bertz CT molecular complexity index is 1100. The van der Waals surface area contributed by atoms with E-state index in [2.05, 4.69) is 10.2 Å². The van der Waals surface area contributed by atoms with Crippen molar-refractivity contribution in [2.45, 2.75) is 39.2 Å². The lowest BCUT2D eigenvalue weighted by Crippen LogP contribution is -2.25. The predicted molar refractivity (Wildman–Crippen MR) is 124 cm³/mol.